The van der Waals surface area contributed by atoms with Crippen molar-refractivity contribution in [1.82, 2.24) is 9.78 Å². The van der Waals surface area contributed by atoms with Crippen molar-refractivity contribution in [2.45, 2.75) is 19.4 Å². The topological polar surface area (TPSA) is 111 Å². The molecule has 0 atom stereocenters. The van der Waals surface area contributed by atoms with Crippen LogP contribution < -0.4 is 10.9 Å². The molecule has 0 aliphatic heterocycles. The number of nitrogens with one attached hydrogen (secondary N) is 1. The van der Waals surface area contributed by atoms with Crippen molar-refractivity contribution in [3.63, 3.8) is 0 Å². The SMILES string of the molecule is COCCn1nc(C(=O)Nc2cccc(CCC(=O)O)c2)ccc1=O. The lowest BCUT2D eigenvalue weighted by molar-refractivity contribution is -0.136. The molecule has 0 bridgehead atoms. The summed E-state index contributed by atoms with van der Waals surface area (Å²) in [6, 6.07) is 9.57. The van der Waals surface area contributed by atoms with Gasteiger partial charge >= 0.3 is 5.97 Å². The fraction of sp³-hybridized carbons (Fsp3) is 0.294. The molecule has 0 spiro atoms. The predicted molar refractivity (Wildman–Crippen MR) is 90.7 cm³/mol. The van der Waals surface area contributed by atoms with E-state index >= 15 is 0 Å². The quantitative estimate of drug-likeness (QED) is 0.743. The number of ether oxygens (including phenoxy) is 1. The van der Waals surface area contributed by atoms with E-state index in [1.807, 2.05) is 0 Å². The minimum absolute atomic E-state index is 0.0173. The fourth-order valence-corrected chi connectivity index (χ4v) is 2.16. The summed E-state index contributed by atoms with van der Waals surface area (Å²) in [6.07, 6.45) is 0.391. The number of carbonyl (C=O) groups is 2. The molecule has 2 aromatic rings. The Morgan fingerprint density at radius 1 is 1.28 bits per heavy atom. The zero-order valence-electron chi connectivity index (χ0n) is 13.8. The number of carboxylic acid groups (broad SMARTS) is 1. The maximum absolute atomic E-state index is 12.3. The van der Waals surface area contributed by atoms with E-state index < -0.39 is 11.9 Å². The van der Waals surface area contributed by atoms with E-state index in [1.165, 1.54) is 23.9 Å². The van der Waals surface area contributed by atoms with Gasteiger partial charge in [-0.15, -0.1) is 0 Å². The maximum Gasteiger partial charge on any atom is 0.303 e. The summed E-state index contributed by atoms with van der Waals surface area (Å²) in [6.45, 7) is 0.560. The highest BCUT2D eigenvalue weighted by Crippen LogP contribution is 2.13. The van der Waals surface area contributed by atoms with Crippen LogP contribution in [-0.2, 0) is 22.5 Å². The highest BCUT2D eigenvalue weighted by Gasteiger charge is 2.10. The summed E-state index contributed by atoms with van der Waals surface area (Å²) < 4.78 is 6.08. The number of carboxylic acids is 1. The molecule has 2 N–H and O–H groups in total. The molecule has 1 amide bonds. The second-order valence-corrected chi connectivity index (χ2v) is 5.32. The van der Waals surface area contributed by atoms with Crippen LogP contribution in [0.3, 0.4) is 0 Å². The fourth-order valence-electron chi connectivity index (χ4n) is 2.16. The molecule has 2 rings (SSSR count). The summed E-state index contributed by atoms with van der Waals surface area (Å²) in [5, 5.41) is 15.4. The normalized spacial score (nSPS) is 10.4. The number of benzene rings is 1. The standard InChI is InChI=1S/C17H19N3O5/c1-25-10-9-20-15(21)7-6-14(19-20)17(24)18-13-4-2-3-12(11-13)5-8-16(22)23/h2-4,6-7,11H,5,8-10H2,1H3,(H,18,24)(H,22,23). The molecular weight excluding hydrogens is 326 g/mol. The third kappa shape index (κ3) is 5.54. The minimum atomic E-state index is -0.878. The average Bonchev–Trinajstić information content (AvgIpc) is 2.59. The Bertz CT molecular complexity index is 816. The Kier molecular flexibility index (Phi) is 6.41. The number of hydrogen-bond acceptors (Lipinski definition) is 5. The third-order valence-corrected chi connectivity index (χ3v) is 3.42. The van der Waals surface area contributed by atoms with Crippen LogP contribution in [0.2, 0.25) is 0 Å². The van der Waals surface area contributed by atoms with Gasteiger partial charge in [0.25, 0.3) is 11.5 Å². The van der Waals surface area contributed by atoms with Gasteiger partial charge in [0.2, 0.25) is 0 Å². The van der Waals surface area contributed by atoms with Gasteiger partial charge in [-0.25, -0.2) is 4.68 Å². The summed E-state index contributed by atoms with van der Waals surface area (Å²) in [7, 11) is 1.51. The number of aromatic nitrogens is 2. The van der Waals surface area contributed by atoms with Gasteiger partial charge in [-0.1, -0.05) is 12.1 Å². The van der Waals surface area contributed by atoms with Crippen molar-refractivity contribution in [3.8, 4) is 0 Å². The molecule has 8 nitrogen and oxygen atoms in total. The average molecular weight is 345 g/mol. The number of anilines is 1. The molecule has 0 radical (unpaired) electrons. The number of aryl methyl sites for hydroxylation is 1. The van der Waals surface area contributed by atoms with Gasteiger partial charge in [0.15, 0.2) is 0 Å². The van der Waals surface area contributed by atoms with Crippen LogP contribution in [-0.4, -0.2) is 40.5 Å². The number of hydrogen-bond donors (Lipinski definition) is 2. The van der Waals surface area contributed by atoms with Gasteiger partial charge < -0.3 is 15.2 Å². The first-order chi connectivity index (χ1) is 12.0. The predicted octanol–water partition coefficient (Wildman–Crippen LogP) is 1.16. The summed E-state index contributed by atoms with van der Waals surface area (Å²) in [4.78, 5) is 34.6. The Morgan fingerprint density at radius 2 is 2.08 bits per heavy atom. The van der Waals surface area contributed by atoms with Crippen molar-refractivity contribution < 1.29 is 19.4 Å². The lowest BCUT2D eigenvalue weighted by Gasteiger charge is -2.08. The van der Waals surface area contributed by atoms with Crippen LogP contribution in [0.5, 0.6) is 0 Å². The van der Waals surface area contributed by atoms with Crippen LogP contribution in [0.1, 0.15) is 22.5 Å². The number of amides is 1. The molecule has 0 aliphatic rings. The first kappa shape index (κ1) is 18.3. The van der Waals surface area contributed by atoms with E-state index in [4.69, 9.17) is 9.84 Å². The minimum Gasteiger partial charge on any atom is -0.481 e. The Balaban J connectivity index is 2.10. The van der Waals surface area contributed by atoms with Gasteiger partial charge in [-0.3, -0.25) is 14.4 Å². The van der Waals surface area contributed by atoms with E-state index in [0.29, 0.717) is 18.7 Å². The van der Waals surface area contributed by atoms with Gasteiger partial charge in [-0.05, 0) is 30.2 Å². The van der Waals surface area contributed by atoms with E-state index in [2.05, 4.69) is 10.4 Å². The molecule has 1 aromatic heterocycles. The van der Waals surface area contributed by atoms with Gasteiger partial charge in [0.1, 0.15) is 5.69 Å². The highest BCUT2D eigenvalue weighted by atomic mass is 16.5. The lowest BCUT2D eigenvalue weighted by atomic mass is 10.1. The van der Waals surface area contributed by atoms with Crippen molar-refractivity contribution >= 4 is 17.6 Å². The van der Waals surface area contributed by atoms with Gasteiger partial charge in [0.05, 0.1) is 13.2 Å². The zero-order chi connectivity index (χ0) is 18.2. The number of aliphatic carboxylic acids is 1. The van der Waals surface area contributed by atoms with Crippen molar-refractivity contribution in [2.75, 3.05) is 19.0 Å². The maximum atomic E-state index is 12.3. The van der Waals surface area contributed by atoms with Crippen molar-refractivity contribution in [1.29, 1.82) is 0 Å². The zero-order valence-corrected chi connectivity index (χ0v) is 13.8. The van der Waals surface area contributed by atoms with Gasteiger partial charge in [-0.2, -0.15) is 5.10 Å². The monoisotopic (exact) mass is 345 g/mol. The van der Waals surface area contributed by atoms with Gasteiger partial charge in [0, 0.05) is 25.3 Å². The molecule has 0 unspecified atom stereocenters. The molecule has 0 saturated heterocycles. The Labute approximate surface area is 144 Å². The molecule has 1 aromatic carbocycles. The molecule has 0 saturated carbocycles. The van der Waals surface area contributed by atoms with Crippen LogP contribution in [0.15, 0.2) is 41.2 Å². The Morgan fingerprint density at radius 3 is 2.80 bits per heavy atom. The van der Waals surface area contributed by atoms with Crippen LogP contribution in [0, 0.1) is 0 Å². The molecule has 0 aliphatic carbocycles. The molecular formula is C17H19N3O5. The second-order valence-electron chi connectivity index (χ2n) is 5.32. The van der Waals surface area contributed by atoms with Crippen molar-refractivity contribution in [2.24, 2.45) is 0 Å². The van der Waals surface area contributed by atoms with E-state index in [0.717, 1.165) is 5.56 Å². The number of carbonyl (C=O) groups excluding carboxylic acids is 1. The van der Waals surface area contributed by atoms with E-state index in [1.54, 1.807) is 24.3 Å². The summed E-state index contributed by atoms with van der Waals surface area (Å²) in [5.74, 6) is -1.33. The molecule has 0 fully saturated rings. The lowest BCUT2D eigenvalue weighted by Crippen LogP contribution is -2.27. The largest absolute Gasteiger partial charge is 0.481 e. The smallest absolute Gasteiger partial charge is 0.303 e. The number of nitrogens with zero attached hydrogens (tertiary/aromatic N) is 2. The van der Waals surface area contributed by atoms with Crippen molar-refractivity contribution in [3.05, 3.63) is 58.0 Å². The van der Waals surface area contributed by atoms with E-state index in [9.17, 15) is 14.4 Å². The first-order valence-electron chi connectivity index (χ1n) is 7.69. The van der Waals surface area contributed by atoms with Crippen LogP contribution in [0.25, 0.3) is 0 Å². The third-order valence-electron chi connectivity index (χ3n) is 3.42. The molecule has 25 heavy (non-hydrogen) atoms. The molecule has 132 valence electrons. The summed E-state index contributed by atoms with van der Waals surface area (Å²) >= 11 is 0. The first-order valence-corrected chi connectivity index (χ1v) is 7.69. The van der Waals surface area contributed by atoms with Crippen LogP contribution in [0.4, 0.5) is 5.69 Å². The van der Waals surface area contributed by atoms with E-state index in [-0.39, 0.29) is 24.2 Å². The highest BCUT2D eigenvalue weighted by molar-refractivity contribution is 6.02. The van der Waals surface area contributed by atoms with Crippen LogP contribution >= 0.6 is 0 Å². The molecule has 1 heterocycles. The molecule has 8 heteroatoms. The summed E-state index contributed by atoms with van der Waals surface area (Å²) in [5.41, 5.74) is 1.12. The number of rotatable bonds is 8. The number of methoxy groups -OCH3 is 1. The Hall–Kier alpha value is -3.00. The second kappa shape index (κ2) is 8.74.